The zero-order valence-corrected chi connectivity index (χ0v) is 14.6. The Morgan fingerprint density at radius 2 is 1.81 bits per heavy atom. The average molecular weight is 366 g/mol. The topological polar surface area (TPSA) is 111 Å². The van der Waals surface area contributed by atoms with E-state index in [9.17, 15) is 9.59 Å². The predicted molar refractivity (Wildman–Crippen MR) is 96.6 cm³/mol. The molecule has 27 heavy (non-hydrogen) atoms. The molecule has 0 aliphatic heterocycles. The van der Waals surface area contributed by atoms with E-state index in [0.29, 0.717) is 5.82 Å². The van der Waals surface area contributed by atoms with Crippen molar-refractivity contribution in [1.82, 2.24) is 30.8 Å². The molecule has 0 unspecified atom stereocenters. The minimum atomic E-state index is -0.598. The maximum atomic E-state index is 11.9. The van der Waals surface area contributed by atoms with Gasteiger partial charge in [0.25, 0.3) is 5.91 Å². The summed E-state index contributed by atoms with van der Waals surface area (Å²) < 4.78 is 5.07. The quantitative estimate of drug-likeness (QED) is 0.682. The van der Waals surface area contributed by atoms with Crippen molar-refractivity contribution in [1.29, 1.82) is 0 Å². The van der Waals surface area contributed by atoms with E-state index < -0.39 is 11.9 Å². The summed E-state index contributed by atoms with van der Waals surface area (Å²) in [5, 5.41) is 16.7. The van der Waals surface area contributed by atoms with Crippen LogP contribution in [0.4, 0.5) is 4.79 Å². The molecule has 9 heteroatoms. The molecule has 0 atom stereocenters. The van der Waals surface area contributed by atoms with Crippen LogP contribution in [0.5, 0.6) is 5.75 Å². The van der Waals surface area contributed by atoms with E-state index in [1.54, 1.807) is 19.2 Å². The number of rotatable bonds is 6. The van der Waals surface area contributed by atoms with Gasteiger partial charge in [-0.2, -0.15) is 4.80 Å². The first-order valence-corrected chi connectivity index (χ1v) is 8.18. The molecule has 2 N–H and O–H groups in total. The molecule has 0 aliphatic carbocycles. The van der Waals surface area contributed by atoms with Gasteiger partial charge in [-0.05, 0) is 22.9 Å². The molecule has 0 saturated carbocycles. The standard InChI is InChI=1S/C18H18N6O3/c1-27-15-9-7-13(8-10-15)11-19-18(26)20-16(25)12-24-22-17(21-23-24)14-5-3-2-4-6-14/h2-10H,11-12H2,1H3,(H2,19,20,25,26). The fourth-order valence-electron chi connectivity index (χ4n) is 2.28. The summed E-state index contributed by atoms with van der Waals surface area (Å²) in [5.74, 6) is 0.597. The van der Waals surface area contributed by atoms with Crippen LogP contribution in [0, 0.1) is 0 Å². The van der Waals surface area contributed by atoms with Crippen LogP contribution in [0.25, 0.3) is 11.4 Å². The van der Waals surface area contributed by atoms with Crippen LogP contribution in [0.15, 0.2) is 54.6 Å². The molecule has 0 bridgehead atoms. The van der Waals surface area contributed by atoms with Crippen LogP contribution in [0.1, 0.15) is 5.56 Å². The molecule has 0 aliphatic rings. The van der Waals surface area contributed by atoms with Gasteiger partial charge in [0.05, 0.1) is 7.11 Å². The van der Waals surface area contributed by atoms with Crippen molar-refractivity contribution in [2.24, 2.45) is 0 Å². The smallest absolute Gasteiger partial charge is 0.321 e. The van der Waals surface area contributed by atoms with Crippen molar-refractivity contribution >= 4 is 11.9 Å². The van der Waals surface area contributed by atoms with E-state index in [1.165, 1.54) is 0 Å². The number of aromatic nitrogens is 4. The van der Waals surface area contributed by atoms with Gasteiger partial charge in [-0.25, -0.2) is 4.79 Å². The maximum absolute atomic E-state index is 11.9. The van der Waals surface area contributed by atoms with Crippen molar-refractivity contribution < 1.29 is 14.3 Å². The lowest BCUT2D eigenvalue weighted by Crippen LogP contribution is -2.40. The van der Waals surface area contributed by atoms with Crippen molar-refractivity contribution in [2.45, 2.75) is 13.1 Å². The molecule has 1 aromatic heterocycles. The van der Waals surface area contributed by atoms with Gasteiger partial charge >= 0.3 is 6.03 Å². The van der Waals surface area contributed by atoms with Crippen LogP contribution in [0.2, 0.25) is 0 Å². The zero-order valence-electron chi connectivity index (χ0n) is 14.6. The summed E-state index contributed by atoms with van der Waals surface area (Å²) in [7, 11) is 1.58. The first-order chi connectivity index (χ1) is 13.1. The third kappa shape index (κ3) is 5.11. The van der Waals surface area contributed by atoms with E-state index in [2.05, 4.69) is 26.0 Å². The van der Waals surface area contributed by atoms with Gasteiger partial charge in [-0.3, -0.25) is 10.1 Å². The normalized spacial score (nSPS) is 10.3. The van der Waals surface area contributed by atoms with Crippen molar-refractivity contribution in [3.63, 3.8) is 0 Å². The number of methoxy groups -OCH3 is 1. The van der Waals surface area contributed by atoms with Crippen molar-refractivity contribution in [3.05, 3.63) is 60.2 Å². The predicted octanol–water partition coefficient (Wildman–Crippen LogP) is 1.37. The number of carbonyl (C=O) groups is 2. The Morgan fingerprint density at radius 1 is 1.07 bits per heavy atom. The zero-order chi connectivity index (χ0) is 19.1. The van der Waals surface area contributed by atoms with Crippen molar-refractivity contribution in [2.75, 3.05) is 7.11 Å². The average Bonchev–Trinajstić information content (AvgIpc) is 3.15. The Morgan fingerprint density at radius 3 is 2.52 bits per heavy atom. The molecular weight excluding hydrogens is 348 g/mol. The lowest BCUT2D eigenvalue weighted by molar-refractivity contribution is -0.121. The molecule has 2 aromatic carbocycles. The number of nitrogens with zero attached hydrogens (tertiary/aromatic N) is 4. The first kappa shape index (κ1) is 18.1. The summed E-state index contributed by atoms with van der Waals surface area (Å²) in [6, 6.07) is 15.9. The SMILES string of the molecule is COc1ccc(CNC(=O)NC(=O)Cn2nnc(-c3ccccc3)n2)cc1. The van der Waals surface area contributed by atoms with Crippen LogP contribution in [-0.4, -0.2) is 39.3 Å². The van der Waals surface area contributed by atoms with Gasteiger partial charge in [0.1, 0.15) is 12.3 Å². The van der Waals surface area contributed by atoms with Crippen LogP contribution < -0.4 is 15.4 Å². The van der Waals surface area contributed by atoms with E-state index in [-0.39, 0.29) is 13.1 Å². The number of benzene rings is 2. The first-order valence-electron chi connectivity index (χ1n) is 8.18. The van der Waals surface area contributed by atoms with Crippen LogP contribution in [-0.2, 0) is 17.9 Å². The minimum absolute atomic E-state index is 0.213. The summed E-state index contributed by atoms with van der Waals surface area (Å²) in [6.07, 6.45) is 0. The number of amides is 3. The van der Waals surface area contributed by atoms with Crippen LogP contribution in [0.3, 0.4) is 0 Å². The van der Waals surface area contributed by atoms with Gasteiger partial charge in [0.2, 0.25) is 5.82 Å². The summed E-state index contributed by atoms with van der Waals surface area (Å²) in [4.78, 5) is 24.9. The van der Waals surface area contributed by atoms with E-state index in [1.807, 2.05) is 42.5 Å². The van der Waals surface area contributed by atoms with E-state index in [4.69, 9.17) is 4.74 Å². The highest BCUT2D eigenvalue weighted by Crippen LogP contribution is 2.12. The molecule has 9 nitrogen and oxygen atoms in total. The van der Waals surface area contributed by atoms with Gasteiger partial charge in [0.15, 0.2) is 0 Å². The van der Waals surface area contributed by atoms with E-state index in [0.717, 1.165) is 21.7 Å². The fourth-order valence-corrected chi connectivity index (χ4v) is 2.28. The van der Waals surface area contributed by atoms with E-state index >= 15 is 0 Å². The highest BCUT2D eigenvalue weighted by Gasteiger charge is 2.11. The third-order valence-electron chi connectivity index (χ3n) is 3.63. The molecular formula is C18H18N6O3. The minimum Gasteiger partial charge on any atom is -0.497 e. The number of tetrazole rings is 1. The van der Waals surface area contributed by atoms with Gasteiger partial charge in [-0.1, -0.05) is 42.5 Å². The molecule has 138 valence electrons. The Labute approximate surface area is 155 Å². The Hall–Kier alpha value is -3.75. The van der Waals surface area contributed by atoms with Gasteiger partial charge in [0, 0.05) is 12.1 Å². The molecule has 0 fully saturated rings. The second-order valence-electron chi connectivity index (χ2n) is 5.59. The number of hydrogen-bond donors (Lipinski definition) is 2. The third-order valence-corrected chi connectivity index (χ3v) is 3.63. The maximum Gasteiger partial charge on any atom is 0.321 e. The fraction of sp³-hybridized carbons (Fsp3) is 0.167. The van der Waals surface area contributed by atoms with Gasteiger partial charge < -0.3 is 10.1 Å². The molecule has 3 rings (SSSR count). The monoisotopic (exact) mass is 366 g/mol. The summed E-state index contributed by atoms with van der Waals surface area (Å²) >= 11 is 0. The molecule has 3 aromatic rings. The highest BCUT2D eigenvalue weighted by atomic mass is 16.5. The van der Waals surface area contributed by atoms with Crippen molar-refractivity contribution in [3.8, 4) is 17.1 Å². The Balaban J connectivity index is 1.47. The molecule has 1 heterocycles. The Bertz CT molecular complexity index is 908. The number of nitrogens with one attached hydrogen (secondary N) is 2. The molecule has 0 radical (unpaired) electrons. The summed E-state index contributed by atoms with van der Waals surface area (Å²) in [6.45, 7) is 0.0681. The second-order valence-corrected chi connectivity index (χ2v) is 5.59. The Kier molecular flexibility index (Phi) is 5.73. The number of urea groups is 1. The number of imide groups is 1. The lowest BCUT2D eigenvalue weighted by atomic mass is 10.2. The van der Waals surface area contributed by atoms with Gasteiger partial charge in [-0.15, -0.1) is 10.2 Å². The molecule has 0 saturated heterocycles. The largest absolute Gasteiger partial charge is 0.497 e. The number of ether oxygens (including phenoxy) is 1. The summed E-state index contributed by atoms with van der Waals surface area (Å²) in [5.41, 5.74) is 1.67. The lowest BCUT2D eigenvalue weighted by Gasteiger charge is -2.07. The number of hydrogen-bond acceptors (Lipinski definition) is 6. The second kappa shape index (κ2) is 8.56. The highest BCUT2D eigenvalue weighted by molar-refractivity contribution is 5.94. The van der Waals surface area contributed by atoms with Crippen LogP contribution >= 0.6 is 0 Å². The molecule has 3 amide bonds. The number of carbonyl (C=O) groups excluding carboxylic acids is 2. The molecule has 0 spiro atoms.